The molecule has 0 saturated carbocycles. The molecule has 0 aliphatic rings. The predicted octanol–water partition coefficient (Wildman–Crippen LogP) is 3.15. The van der Waals surface area contributed by atoms with Gasteiger partial charge in [0, 0.05) is 21.7 Å². The molecule has 4 nitrogen and oxygen atoms in total. The van der Waals surface area contributed by atoms with E-state index in [1.807, 2.05) is 0 Å². The maximum Gasteiger partial charge on any atom is 0.261 e. The Morgan fingerprint density at radius 1 is 1.42 bits per heavy atom. The smallest absolute Gasteiger partial charge is 0.261 e. The van der Waals surface area contributed by atoms with Crippen molar-refractivity contribution in [3.63, 3.8) is 0 Å². The minimum absolute atomic E-state index is 0.0913. The van der Waals surface area contributed by atoms with Crippen molar-refractivity contribution in [2.75, 3.05) is 6.54 Å². The zero-order valence-corrected chi connectivity index (χ0v) is 13.8. The van der Waals surface area contributed by atoms with Gasteiger partial charge in [-0.25, -0.2) is 8.42 Å². The molecule has 0 saturated heterocycles. The summed E-state index contributed by atoms with van der Waals surface area (Å²) in [5, 5.41) is 2.74. The van der Waals surface area contributed by atoms with E-state index < -0.39 is 9.05 Å². The van der Waals surface area contributed by atoms with Crippen LogP contribution >= 0.6 is 26.6 Å². The van der Waals surface area contributed by atoms with Gasteiger partial charge in [0.2, 0.25) is 0 Å². The molecule has 0 unspecified atom stereocenters. The van der Waals surface area contributed by atoms with E-state index in [1.165, 1.54) is 18.2 Å². The van der Waals surface area contributed by atoms with Gasteiger partial charge in [-0.15, -0.1) is 0 Å². The monoisotopic (exact) mass is 367 g/mol. The normalized spacial score (nSPS) is 11.6. The van der Waals surface area contributed by atoms with Gasteiger partial charge in [0.1, 0.15) is 0 Å². The second kappa shape index (κ2) is 6.72. The van der Waals surface area contributed by atoms with Crippen molar-refractivity contribution in [2.24, 2.45) is 5.92 Å². The quantitative estimate of drug-likeness (QED) is 0.812. The van der Waals surface area contributed by atoms with E-state index in [0.717, 1.165) is 6.42 Å². The molecule has 0 bridgehead atoms. The van der Waals surface area contributed by atoms with Crippen molar-refractivity contribution < 1.29 is 13.2 Å². The summed E-state index contributed by atoms with van der Waals surface area (Å²) in [7, 11) is 1.42. The first-order chi connectivity index (χ1) is 8.71. The highest BCUT2D eigenvalue weighted by Crippen LogP contribution is 2.23. The lowest BCUT2D eigenvalue weighted by Crippen LogP contribution is -2.25. The molecule has 0 fully saturated rings. The fourth-order valence-electron chi connectivity index (χ4n) is 1.40. The minimum Gasteiger partial charge on any atom is -0.352 e. The zero-order chi connectivity index (χ0) is 14.6. The Balaban J connectivity index is 2.90. The number of hydrogen-bond acceptors (Lipinski definition) is 3. The Kier molecular flexibility index (Phi) is 5.82. The number of halogens is 2. The maximum absolute atomic E-state index is 11.9. The maximum atomic E-state index is 11.9. The molecule has 7 heteroatoms. The van der Waals surface area contributed by atoms with Crippen LogP contribution in [0.1, 0.15) is 30.6 Å². The lowest BCUT2D eigenvalue weighted by molar-refractivity contribution is 0.0951. The molecule has 0 aromatic heterocycles. The van der Waals surface area contributed by atoms with Gasteiger partial charge in [0.25, 0.3) is 15.0 Å². The molecular weight excluding hydrogens is 354 g/mol. The van der Waals surface area contributed by atoms with Crippen LogP contribution in [0.25, 0.3) is 0 Å². The Bertz CT molecular complexity index is 572. The fraction of sp³-hybridized carbons (Fsp3) is 0.417. The first-order valence-electron chi connectivity index (χ1n) is 5.74. The van der Waals surface area contributed by atoms with Gasteiger partial charge >= 0.3 is 0 Å². The van der Waals surface area contributed by atoms with Crippen LogP contribution in [0.2, 0.25) is 0 Å². The second-order valence-electron chi connectivity index (χ2n) is 4.52. The average Bonchev–Trinajstić information content (AvgIpc) is 2.27. The summed E-state index contributed by atoms with van der Waals surface area (Å²) in [6.07, 6.45) is 0.858. The fourth-order valence-corrected chi connectivity index (χ4v) is 2.60. The first-order valence-corrected chi connectivity index (χ1v) is 8.84. The van der Waals surface area contributed by atoms with E-state index in [-0.39, 0.29) is 16.4 Å². The summed E-state index contributed by atoms with van der Waals surface area (Å²) < 4.78 is 23.0. The van der Waals surface area contributed by atoms with E-state index >= 15 is 0 Å². The van der Waals surface area contributed by atoms with Crippen LogP contribution in [-0.2, 0) is 9.05 Å². The Labute approximate surface area is 126 Å². The van der Waals surface area contributed by atoms with Gasteiger partial charge in [-0.2, -0.15) is 0 Å². The number of nitrogens with one attached hydrogen (secondary N) is 1. The summed E-state index contributed by atoms with van der Waals surface area (Å²) >= 11 is 3.22. The largest absolute Gasteiger partial charge is 0.352 e. The third-order valence-corrected chi connectivity index (χ3v) is 4.51. The Hall–Kier alpha value is -0.590. The lowest BCUT2D eigenvalue weighted by atomic mass is 10.1. The molecular formula is C12H15BrClNO3S. The van der Waals surface area contributed by atoms with Crippen LogP contribution in [0.5, 0.6) is 0 Å². The van der Waals surface area contributed by atoms with E-state index in [1.54, 1.807) is 0 Å². The van der Waals surface area contributed by atoms with Crippen molar-refractivity contribution >= 4 is 41.6 Å². The lowest BCUT2D eigenvalue weighted by Gasteiger charge is -2.09. The molecule has 1 aromatic rings. The van der Waals surface area contributed by atoms with Crippen LogP contribution in [0.3, 0.4) is 0 Å². The molecule has 0 heterocycles. The standard InChI is InChI=1S/C12H15BrClNO3S/c1-8(2)5-6-15-12(16)10-7-9(19(14,17)18)3-4-11(10)13/h3-4,7-8H,5-6H2,1-2H3,(H,15,16). The Morgan fingerprint density at radius 3 is 2.58 bits per heavy atom. The molecule has 19 heavy (non-hydrogen) atoms. The van der Waals surface area contributed by atoms with E-state index in [0.29, 0.717) is 16.9 Å². The number of rotatable bonds is 5. The van der Waals surface area contributed by atoms with Crippen LogP contribution in [0.15, 0.2) is 27.6 Å². The topological polar surface area (TPSA) is 63.2 Å². The number of amides is 1. The van der Waals surface area contributed by atoms with E-state index in [2.05, 4.69) is 35.1 Å². The average molecular weight is 369 g/mol. The van der Waals surface area contributed by atoms with Crippen molar-refractivity contribution in [2.45, 2.75) is 25.2 Å². The van der Waals surface area contributed by atoms with Crippen molar-refractivity contribution in [3.05, 3.63) is 28.2 Å². The molecule has 1 N–H and O–H groups in total. The van der Waals surface area contributed by atoms with Gasteiger partial charge in [-0.05, 0) is 46.5 Å². The number of carbonyl (C=O) groups is 1. The van der Waals surface area contributed by atoms with Gasteiger partial charge < -0.3 is 5.32 Å². The highest BCUT2D eigenvalue weighted by atomic mass is 79.9. The first kappa shape index (κ1) is 16.5. The van der Waals surface area contributed by atoms with Crippen LogP contribution in [-0.4, -0.2) is 20.9 Å². The predicted molar refractivity (Wildman–Crippen MR) is 79.0 cm³/mol. The second-order valence-corrected chi connectivity index (χ2v) is 7.94. The summed E-state index contributed by atoms with van der Waals surface area (Å²) in [6, 6.07) is 4.10. The summed E-state index contributed by atoms with van der Waals surface area (Å²) in [6.45, 7) is 4.66. The number of benzene rings is 1. The summed E-state index contributed by atoms with van der Waals surface area (Å²) in [4.78, 5) is 11.9. The van der Waals surface area contributed by atoms with Crippen LogP contribution in [0.4, 0.5) is 0 Å². The molecule has 0 radical (unpaired) electrons. The van der Waals surface area contributed by atoms with Gasteiger partial charge in [0.05, 0.1) is 10.5 Å². The number of hydrogen-bond donors (Lipinski definition) is 1. The highest BCUT2D eigenvalue weighted by Gasteiger charge is 2.16. The number of carbonyl (C=O) groups excluding carboxylic acids is 1. The molecule has 0 atom stereocenters. The molecule has 1 aromatic carbocycles. The molecule has 0 spiro atoms. The van der Waals surface area contributed by atoms with Gasteiger partial charge in [0.15, 0.2) is 0 Å². The third kappa shape index (κ3) is 5.12. The van der Waals surface area contributed by atoms with Gasteiger partial charge in [-0.3, -0.25) is 4.79 Å². The molecule has 1 amide bonds. The summed E-state index contributed by atoms with van der Waals surface area (Å²) in [5.74, 6) is 0.160. The minimum atomic E-state index is -3.84. The van der Waals surface area contributed by atoms with Gasteiger partial charge in [-0.1, -0.05) is 13.8 Å². The summed E-state index contributed by atoms with van der Waals surface area (Å²) in [5.41, 5.74) is 0.255. The zero-order valence-electron chi connectivity index (χ0n) is 10.6. The Morgan fingerprint density at radius 2 is 2.05 bits per heavy atom. The van der Waals surface area contributed by atoms with E-state index in [9.17, 15) is 13.2 Å². The molecule has 0 aliphatic heterocycles. The van der Waals surface area contributed by atoms with Crippen LogP contribution < -0.4 is 5.32 Å². The third-order valence-electron chi connectivity index (χ3n) is 2.47. The molecule has 106 valence electrons. The van der Waals surface area contributed by atoms with Crippen molar-refractivity contribution in [3.8, 4) is 0 Å². The van der Waals surface area contributed by atoms with Crippen LogP contribution in [0, 0.1) is 5.92 Å². The van der Waals surface area contributed by atoms with Crippen molar-refractivity contribution in [1.82, 2.24) is 5.32 Å². The molecule has 0 aliphatic carbocycles. The SMILES string of the molecule is CC(C)CCNC(=O)c1cc(S(=O)(=O)Cl)ccc1Br. The molecule has 1 rings (SSSR count). The van der Waals surface area contributed by atoms with Crippen molar-refractivity contribution in [1.29, 1.82) is 0 Å². The van der Waals surface area contributed by atoms with E-state index in [4.69, 9.17) is 10.7 Å². The highest BCUT2D eigenvalue weighted by molar-refractivity contribution is 9.10.